The molecule has 1 aromatic heterocycles. The third kappa shape index (κ3) is 2.67. The molecule has 15 heavy (non-hydrogen) atoms. The summed E-state index contributed by atoms with van der Waals surface area (Å²) in [5, 5.41) is 3.90. The van der Waals surface area contributed by atoms with Gasteiger partial charge in [-0.25, -0.2) is 0 Å². The summed E-state index contributed by atoms with van der Waals surface area (Å²) in [6, 6.07) is 7.61. The molecule has 2 aromatic rings. The zero-order valence-corrected chi connectivity index (χ0v) is 8.78. The molecule has 0 saturated heterocycles. The van der Waals surface area contributed by atoms with Crippen LogP contribution in [-0.2, 0) is 6.54 Å². The lowest BCUT2D eigenvalue weighted by molar-refractivity contribution is 1.01. The molecule has 0 amide bonds. The zero-order chi connectivity index (χ0) is 10.5. The molecule has 76 valence electrons. The molecule has 4 heteroatoms. The molecule has 0 bridgehead atoms. The van der Waals surface area contributed by atoms with E-state index in [1.165, 1.54) is 0 Å². The summed E-state index contributed by atoms with van der Waals surface area (Å²) in [5.74, 6) is 0. The van der Waals surface area contributed by atoms with Crippen molar-refractivity contribution in [3.05, 3.63) is 53.6 Å². The van der Waals surface area contributed by atoms with Gasteiger partial charge >= 0.3 is 0 Å². The van der Waals surface area contributed by atoms with E-state index in [-0.39, 0.29) is 0 Å². The number of hydrogen-bond donors (Lipinski definition) is 1. The second-order valence-corrected chi connectivity index (χ2v) is 3.44. The lowest BCUT2D eigenvalue weighted by Gasteiger charge is -2.06. The van der Waals surface area contributed by atoms with Crippen LogP contribution in [0, 0.1) is 0 Å². The predicted octanol–water partition coefficient (Wildman–Crippen LogP) is 2.74. The fourth-order valence-electron chi connectivity index (χ4n) is 1.21. The molecule has 0 radical (unpaired) electrons. The average molecular weight is 220 g/mol. The first-order valence-corrected chi connectivity index (χ1v) is 4.97. The van der Waals surface area contributed by atoms with E-state index in [4.69, 9.17) is 11.6 Å². The maximum absolute atomic E-state index is 5.99. The van der Waals surface area contributed by atoms with Crippen molar-refractivity contribution in [1.29, 1.82) is 0 Å². The molecule has 0 saturated carbocycles. The normalized spacial score (nSPS) is 9.93. The Bertz CT molecular complexity index is 431. The van der Waals surface area contributed by atoms with Gasteiger partial charge in [-0.15, -0.1) is 0 Å². The topological polar surface area (TPSA) is 37.8 Å². The van der Waals surface area contributed by atoms with Gasteiger partial charge in [0.15, 0.2) is 0 Å². The summed E-state index contributed by atoms with van der Waals surface area (Å²) < 4.78 is 0. The van der Waals surface area contributed by atoms with E-state index in [1.807, 2.05) is 24.3 Å². The van der Waals surface area contributed by atoms with Gasteiger partial charge in [-0.05, 0) is 12.1 Å². The molecule has 1 N–H and O–H groups in total. The van der Waals surface area contributed by atoms with Crippen molar-refractivity contribution >= 4 is 17.3 Å². The summed E-state index contributed by atoms with van der Waals surface area (Å²) in [5.41, 5.74) is 1.79. The van der Waals surface area contributed by atoms with Crippen LogP contribution >= 0.6 is 11.6 Å². The molecular formula is C11H10ClN3. The largest absolute Gasteiger partial charge is 0.378 e. The zero-order valence-electron chi connectivity index (χ0n) is 8.02. The fraction of sp³-hybridized carbons (Fsp3) is 0.0909. The summed E-state index contributed by atoms with van der Waals surface area (Å²) in [4.78, 5) is 8.14. The molecule has 1 aromatic carbocycles. The molecule has 0 aliphatic carbocycles. The summed E-state index contributed by atoms with van der Waals surface area (Å²) >= 11 is 5.99. The van der Waals surface area contributed by atoms with E-state index >= 15 is 0 Å². The molecule has 0 unspecified atom stereocenters. The molecule has 2 rings (SSSR count). The number of halogens is 1. The first kappa shape index (κ1) is 9.93. The van der Waals surface area contributed by atoms with Crippen molar-refractivity contribution in [2.45, 2.75) is 6.54 Å². The van der Waals surface area contributed by atoms with Crippen LogP contribution in [0.1, 0.15) is 5.69 Å². The summed E-state index contributed by atoms with van der Waals surface area (Å²) in [6.07, 6.45) is 5.05. The highest BCUT2D eigenvalue weighted by molar-refractivity contribution is 6.33. The monoisotopic (exact) mass is 219 g/mol. The Kier molecular flexibility index (Phi) is 3.15. The van der Waals surface area contributed by atoms with Gasteiger partial charge in [0.2, 0.25) is 0 Å². The predicted molar refractivity (Wildman–Crippen MR) is 60.8 cm³/mol. The lowest BCUT2D eigenvalue weighted by atomic mass is 10.3. The standard InChI is InChI=1S/C11H10ClN3/c12-10-3-1-2-4-11(10)15-8-9-7-13-5-6-14-9/h1-7,15H,8H2. The minimum atomic E-state index is 0.623. The Balaban J connectivity index is 2.03. The van der Waals surface area contributed by atoms with E-state index in [0.29, 0.717) is 11.6 Å². The molecular weight excluding hydrogens is 210 g/mol. The van der Waals surface area contributed by atoms with Crippen LogP contribution in [0.4, 0.5) is 5.69 Å². The maximum atomic E-state index is 5.99. The molecule has 0 aliphatic heterocycles. The average Bonchev–Trinajstić information content (AvgIpc) is 2.29. The minimum Gasteiger partial charge on any atom is -0.378 e. The third-order valence-corrected chi connectivity index (χ3v) is 2.28. The van der Waals surface area contributed by atoms with Crippen molar-refractivity contribution < 1.29 is 0 Å². The van der Waals surface area contributed by atoms with Gasteiger partial charge < -0.3 is 5.32 Å². The molecule has 0 fully saturated rings. The van der Waals surface area contributed by atoms with Gasteiger partial charge in [-0.2, -0.15) is 0 Å². The van der Waals surface area contributed by atoms with Gasteiger partial charge in [-0.1, -0.05) is 23.7 Å². The highest BCUT2D eigenvalue weighted by atomic mass is 35.5. The highest BCUT2D eigenvalue weighted by Crippen LogP contribution is 2.20. The number of para-hydroxylation sites is 1. The van der Waals surface area contributed by atoms with E-state index in [0.717, 1.165) is 11.4 Å². The minimum absolute atomic E-state index is 0.623. The van der Waals surface area contributed by atoms with E-state index < -0.39 is 0 Å². The van der Waals surface area contributed by atoms with Crippen molar-refractivity contribution in [2.24, 2.45) is 0 Å². The number of aromatic nitrogens is 2. The Morgan fingerprint density at radius 1 is 1.20 bits per heavy atom. The Hall–Kier alpha value is -1.61. The smallest absolute Gasteiger partial charge is 0.0777 e. The molecule has 0 atom stereocenters. The van der Waals surface area contributed by atoms with Crippen LogP contribution < -0.4 is 5.32 Å². The number of hydrogen-bond acceptors (Lipinski definition) is 3. The van der Waals surface area contributed by atoms with Gasteiger partial charge in [0, 0.05) is 12.4 Å². The van der Waals surface area contributed by atoms with Gasteiger partial charge in [0.05, 0.1) is 29.1 Å². The molecule has 1 heterocycles. The third-order valence-electron chi connectivity index (χ3n) is 1.95. The molecule has 0 spiro atoms. The maximum Gasteiger partial charge on any atom is 0.0777 e. The first-order valence-electron chi connectivity index (χ1n) is 4.59. The number of anilines is 1. The van der Waals surface area contributed by atoms with Crippen LogP contribution in [0.3, 0.4) is 0 Å². The summed E-state index contributed by atoms with van der Waals surface area (Å²) in [6.45, 7) is 0.623. The Morgan fingerprint density at radius 3 is 2.80 bits per heavy atom. The van der Waals surface area contributed by atoms with Gasteiger partial charge in [0.25, 0.3) is 0 Å². The van der Waals surface area contributed by atoms with Gasteiger partial charge in [-0.3, -0.25) is 9.97 Å². The number of nitrogens with zero attached hydrogens (tertiary/aromatic N) is 2. The molecule has 3 nitrogen and oxygen atoms in total. The van der Waals surface area contributed by atoms with Crippen molar-refractivity contribution in [2.75, 3.05) is 5.32 Å². The van der Waals surface area contributed by atoms with E-state index in [2.05, 4.69) is 15.3 Å². The van der Waals surface area contributed by atoms with E-state index in [1.54, 1.807) is 18.6 Å². The SMILES string of the molecule is Clc1ccccc1NCc1cnccn1. The van der Waals surface area contributed by atoms with Crippen LogP contribution in [0.25, 0.3) is 0 Å². The first-order chi connectivity index (χ1) is 7.36. The second kappa shape index (κ2) is 4.75. The fourth-order valence-corrected chi connectivity index (χ4v) is 1.41. The Morgan fingerprint density at radius 2 is 2.07 bits per heavy atom. The number of rotatable bonds is 3. The van der Waals surface area contributed by atoms with Crippen molar-refractivity contribution in [3.8, 4) is 0 Å². The molecule has 0 aliphatic rings. The number of nitrogens with one attached hydrogen (secondary N) is 1. The van der Waals surface area contributed by atoms with Crippen molar-refractivity contribution in [1.82, 2.24) is 9.97 Å². The summed E-state index contributed by atoms with van der Waals surface area (Å²) in [7, 11) is 0. The quantitative estimate of drug-likeness (QED) is 0.863. The van der Waals surface area contributed by atoms with Crippen LogP contribution in [0.15, 0.2) is 42.9 Å². The van der Waals surface area contributed by atoms with Crippen LogP contribution in [-0.4, -0.2) is 9.97 Å². The van der Waals surface area contributed by atoms with Crippen molar-refractivity contribution in [3.63, 3.8) is 0 Å². The van der Waals surface area contributed by atoms with Gasteiger partial charge in [0.1, 0.15) is 0 Å². The number of benzene rings is 1. The highest BCUT2D eigenvalue weighted by Gasteiger charge is 1.98. The van der Waals surface area contributed by atoms with E-state index in [9.17, 15) is 0 Å². The second-order valence-electron chi connectivity index (χ2n) is 3.03. The Labute approximate surface area is 93.1 Å². The lowest BCUT2D eigenvalue weighted by Crippen LogP contribution is -2.01. The van der Waals surface area contributed by atoms with Crippen LogP contribution in [0.5, 0.6) is 0 Å². The van der Waals surface area contributed by atoms with Crippen LogP contribution in [0.2, 0.25) is 5.02 Å².